The molecule has 0 saturated carbocycles. The molecule has 0 spiro atoms. The van der Waals surface area contributed by atoms with Crippen LogP contribution in [0.1, 0.15) is 19.0 Å². The van der Waals surface area contributed by atoms with Crippen LogP contribution in [-0.2, 0) is 0 Å². The molecule has 2 heterocycles. The first-order valence-corrected chi connectivity index (χ1v) is 6.00. The Morgan fingerprint density at radius 1 is 1.47 bits per heavy atom. The Bertz CT molecular complexity index is 396. The van der Waals surface area contributed by atoms with Crippen LogP contribution in [-0.4, -0.2) is 36.2 Å². The molecular weight excluding hydrogens is 216 g/mol. The summed E-state index contributed by atoms with van der Waals surface area (Å²) in [7, 11) is 1.62. The smallest absolute Gasteiger partial charge is 0.228 e. The Balaban J connectivity index is 2.19. The highest BCUT2D eigenvalue weighted by molar-refractivity contribution is 5.35. The molecule has 2 rings (SSSR count). The number of nitrogens with two attached hydrogens (primary N) is 1. The van der Waals surface area contributed by atoms with E-state index in [4.69, 9.17) is 10.5 Å². The summed E-state index contributed by atoms with van der Waals surface area (Å²) in [6.07, 6.45) is 1.08. The Labute approximate surface area is 102 Å². The first-order chi connectivity index (χ1) is 8.10. The molecule has 0 aromatic carbocycles. The van der Waals surface area contributed by atoms with Crippen molar-refractivity contribution in [1.29, 1.82) is 0 Å². The van der Waals surface area contributed by atoms with Gasteiger partial charge < -0.3 is 15.4 Å². The third kappa shape index (κ3) is 2.66. The second kappa shape index (κ2) is 4.87. The Morgan fingerprint density at radius 2 is 2.24 bits per heavy atom. The second-order valence-corrected chi connectivity index (χ2v) is 4.73. The molecule has 0 aliphatic carbocycles. The summed E-state index contributed by atoms with van der Waals surface area (Å²) in [6.45, 7) is 5.91. The maximum atomic E-state index is 6.09. The number of ether oxygens (including phenoxy) is 1. The van der Waals surface area contributed by atoms with E-state index in [0.29, 0.717) is 11.8 Å². The van der Waals surface area contributed by atoms with E-state index in [0.717, 1.165) is 31.2 Å². The Kier molecular flexibility index (Phi) is 3.47. The van der Waals surface area contributed by atoms with E-state index in [-0.39, 0.29) is 6.04 Å². The van der Waals surface area contributed by atoms with Crippen molar-refractivity contribution in [3.8, 4) is 5.88 Å². The van der Waals surface area contributed by atoms with E-state index in [1.165, 1.54) is 0 Å². The van der Waals surface area contributed by atoms with E-state index in [1.807, 2.05) is 13.0 Å². The number of hydrogen-bond acceptors (Lipinski definition) is 5. The molecule has 1 aliphatic rings. The quantitative estimate of drug-likeness (QED) is 0.829. The lowest BCUT2D eigenvalue weighted by molar-refractivity contribution is 0.371. The van der Waals surface area contributed by atoms with Crippen molar-refractivity contribution < 1.29 is 4.74 Å². The summed E-state index contributed by atoms with van der Waals surface area (Å²) in [4.78, 5) is 11.0. The maximum Gasteiger partial charge on any atom is 0.228 e. The van der Waals surface area contributed by atoms with Crippen molar-refractivity contribution in [3.63, 3.8) is 0 Å². The van der Waals surface area contributed by atoms with Crippen molar-refractivity contribution in [2.75, 3.05) is 25.1 Å². The fourth-order valence-electron chi connectivity index (χ4n) is 2.05. The van der Waals surface area contributed by atoms with Crippen LogP contribution in [0.25, 0.3) is 0 Å². The van der Waals surface area contributed by atoms with Crippen LogP contribution in [0.15, 0.2) is 6.07 Å². The molecule has 1 aromatic heterocycles. The monoisotopic (exact) mass is 236 g/mol. The maximum absolute atomic E-state index is 6.09. The number of piperidine rings is 1. The van der Waals surface area contributed by atoms with E-state index in [1.54, 1.807) is 7.11 Å². The van der Waals surface area contributed by atoms with Crippen molar-refractivity contribution in [2.45, 2.75) is 26.3 Å². The van der Waals surface area contributed by atoms with Gasteiger partial charge >= 0.3 is 0 Å². The summed E-state index contributed by atoms with van der Waals surface area (Å²) >= 11 is 0. The van der Waals surface area contributed by atoms with Crippen molar-refractivity contribution in [2.24, 2.45) is 11.7 Å². The largest absolute Gasteiger partial charge is 0.481 e. The molecule has 94 valence electrons. The molecule has 0 amide bonds. The van der Waals surface area contributed by atoms with Gasteiger partial charge in [0.1, 0.15) is 0 Å². The van der Waals surface area contributed by atoms with Gasteiger partial charge in [-0.05, 0) is 19.3 Å². The summed E-state index contributed by atoms with van der Waals surface area (Å²) < 4.78 is 5.17. The van der Waals surface area contributed by atoms with Gasteiger partial charge in [0.15, 0.2) is 0 Å². The topological polar surface area (TPSA) is 64.3 Å². The number of hydrogen-bond donors (Lipinski definition) is 1. The fraction of sp³-hybridized carbons (Fsp3) is 0.667. The lowest BCUT2D eigenvalue weighted by Gasteiger charge is -2.35. The lowest BCUT2D eigenvalue weighted by Crippen LogP contribution is -2.48. The zero-order chi connectivity index (χ0) is 12.4. The molecule has 5 heteroatoms. The van der Waals surface area contributed by atoms with E-state index in [9.17, 15) is 0 Å². The lowest BCUT2D eigenvalue weighted by atomic mass is 9.94. The summed E-state index contributed by atoms with van der Waals surface area (Å²) in [5.41, 5.74) is 7.00. The molecule has 1 aromatic rings. The molecule has 0 radical (unpaired) electrons. The van der Waals surface area contributed by atoms with E-state index < -0.39 is 0 Å². The van der Waals surface area contributed by atoms with Crippen molar-refractivity contribution >= 4 is 5.95 Å². The number of anilines is 1. The highest BCUT2D eigenvalue weighted by atomic mass is 16.5. The minimum atomic E-state index is 0.193. The van der Waals surface area contributed by atoms with Gasteiger partial charge in [-0.25, -0.2) is 4.98 Å². The van der Waals surface area contributed by atoms with Gasteiger partial charge in [0.2, 0.25) is 11.8 Å². The zero-order valence-corrected chi connectivity index (χ0v) is 10.7. The highest BCUT2D eigenvalue weighted by Gasteiger charge is 2.25. The van der Waals surface area contributed by atoms with Gasteiger partial charge in [-0.2, -0.15) is 4.98 Å². The molecule has 2 atom stereocenters. The predicted molar refractivity (Wildman–Crippen MR) is 67.3 cm³/mol. The van der Waals surface area contributed by atoms with Crippen LogP contribution < -0.4 is 15.4 Å². The number of aryl methyl sites for hydroxylation is 1. The number of methoxy groups -OCH3 is 1. The van der Waals surface area contributed by atoms with E-state index >= 15 is 0 Å². The molecule has 1 saturated heterocycles. The average molecular weight is 236 g/mol. The van der Waals surface area contributed by atoms with Gasteiger partial charge in [-0.15, -0.1) is 0 Å². The predicted octanol–water partition coefficient (Wildman–Crippen LogP) is 0.967. The van der Waals surface area contributed by atoms with Crippen LogP contribution in [0.4, 0.5) is 5.95 Å². The average Bonchev–Trinajstić information content (AvgIpc) is 2.32. The van der Waals surface area contributed by atoms with Gasteiger partial charge in [-0.1, -0.05) is 6.92 Å². The molecule has 2 unspecified atom stereocenters. The molecule has 0 bridgehead atoms. The van der Waals surface area contributed by atoms with Gasteiger partial charge in [0, 0.05) is 30.9 Å². The van der Waals surface area contributed by atoms with Crippen LogP contribution in [0, 0.1) is 12.8 Å². The Hall–Kier alpha value is -1.36. The van der Waals surface area contributed by atoms with Crippen LogP contribution in [0.2, 0.25) is 0 Å². The van der Waals surface area contributed by atoms with Gasteiger partial charge in [0.05, 0.1) is 7.11 Å². The number of rotatable bonds is 2. The minimum Gasteiger partial charge on any atom is -0.481 e. The Morgan fingerprint density at radius 3 is 2.88 bits per heavy atom. The normalized spacial score (nSPS) is 24.8. The summed E-state index contributed by atoms with van der Waals surface area (Å²) in [5, 5.41) is 0. The standard InChI is InChI=1S/C12H20N4O/c1-8-4-5-16(7-10(8)13)12-14-9(2)6-11(15-12)17-3/h6,8,10H,4-5,7,13H2,1-3H3. The number of nitrogens with zero attached hydrogens (tertiary/aromatic N) is 3. The first-order valence-electron chi connectivity index (χ1n) is 6.00. The molecule has 2 N–H and O–H groups in total. The van der Waals surface area contributed by atoms with Crippen LogP contribution >= 0.6 is 0 Å². The minimum absolute atomic E-state index is 0.193. The van der Waals surface area contributed by atoms with Gasteiger partial charge in [0.25, 0.3) is 0 Å². The third-order valence-corrected chi connectivity index (χ3v) is 3.33. The molecule has 17 heavy (non-hydrogen) atoms. The molecule has 1 fully saturated rings. The van der Waals surface area contributed by atoms with Crippen LogP contribution in [0.3, 0.4) is 0 Å². The SMILES string of the molecule is COc1cc(C)nc(N2CCC(C)C(N)C2)n1. The van der Waals surface area contributed by atoms with Crippen molar-refractivity contribution in [3.05, 3.63) is 11.8 Å². The van der Waals surface area contributed by atoms with Gasteiger partial charge in [-0.3, -0.25) is 0 Å². The van der Waals surface area contributed by atoms with E-state index in [2.05, 4.69) is 21.8 Å². The second-order valence-electron chi connectivity index (χ2n) is 4.73. The fourth-order valence-corrected chi connectivity index (χ4v) is 2.05. The highest BCUT2D eigenvalue weighted by Crippen LogP contribution is 2.21. The molecule has 5 nitrogen and oxygen atoms in total. The molecule has 1 aliphatic heterocycles. The molecular formula is C12H20N4O. The zero-order valence-electron chi connectivity index (χ0n) is 10.7. The third-order valence-electron chi connectivity index (χ3n) is 3.33. The van der Waals surface area contributed by atoms with Crippen LogP contribution in [0.5, 0.6) is 5.88 Å². The summed E-state index contributed by atoms with van der Waals surface area (Å²) in [6, 6.07) is 2.02. The summed E-state index contributed by atoms with van der Waals surface area (Å²) in [5.74, 6) is 1.90. The van der Waals surface area contributed by atoms with Crippen molar-refractivity contribution in [1.82, 2.24) is 9.97 Å². The number of aromatic nitrogens is 2. The first kappa shape index (κ1) is 12.1.